The molecule has 222 valence electrons. The SMILES string of the molecule is CC(C)c1cc(N2CCN(C(=O)NC3CCCCC3)C(C(=O)NCC3C=Cc4occc4O3)C2)nc(-n2ccnc2)n1. The number of nitrogens with one attached hydrogen (secondary N) is 2. The minimum Gasteiger partial charge on any atom is -0.480 e. The van der Waals surface area contributed by atoms with Crippen molar-refractivity contribution >= 4 is 23.8 Å². The lowest BCUT2D eigenvalue weighted by Crippen LogP contribution is -2.63. The van der Waals surface area contributed by atoms with Gasteiger partial charge < -0.3 is 29.6 Å². The Morgan fingerprint density at radius 2 is 2.00 bits per heavy atom. The van der Waals surface area contributed by atoms with Crippen molar-refractivity contribution in [2.75, 3.05) is 31.1 Å². The van der Waals surface area contributed by atoms with Crippen molar-refractivity contribution in [3.63, 3.8) is 0 Å². The Bertz CT molecular complexity index is 1410. The van der Waals surface area contributed by atoms with Crippen molar-refractivity contribution in [3.8, 4) is 11.7 Å². The molecule has 5 heterocycles. The summed E-state index contributed by atoms with van der Waals surface area (Å²) < 4.78 is 13.1. The largest absolute Gasteiger partial charge is 0.480 e. The summed E-state index contributed by atoms with van der Waals surface area (Å²) in [4.78, 5) is 44.7. The van der Waals surface area contributed by atoms with Gasteiger partial charge in [0, 0.05) is 50.2 Å². The Morgan fingerprint density at radius 1 is 1.14 bits per heavy atom. The first-order chi connectivity index (χ1) is 20.4. The van der Waals surface area contributed by atoms with Gasteiger partial charge in [-0.3, -0.25) is 9.36 Å². The average Bonchev–Trinajstić information content (AvgIpc) is 3.72. The molecule has 2 unspecified atom stereocenters. The van der Waals surface area contributed by atoms with Gasteiger partial charge in [0.05, 0.1) is 18.5 Å². The molecule has 42 heavy (non-hydrogen) atoms. The summed E-state index contributed by atoms with van der Waals surface area (Å²) in [7, 11) is 0. The first-order valence-corrected chi connectivity index (χ1v) is 14.8. The lowest BCUT2D eigenvalue weighted by molar-refractivity contribution is -0.126. The maximum atomic E-state index is 13.7. The number of hydrogen-bond donors (Lipinski definition) is 2. The van der Waals surface area contributed by atoms with Crippen LogP contribution in [0.5, 0.6) is 5.75 Å². The van der Waals surface area contributed by atoms with Crippen LogP contribution in [0.15, 0.2) is 47.6 Å². The van der Waals surface area contributed by atoms with Gasteiger partial charge in [-0.2, -0.15) is 4.98 Å². The predicted octanol–water partition coefficient (Wildman–Crippen LogP) is 3.50. The van der Waals surface area contributed by atoms with Crippen molar-refractivity contribution < 1.29 is 18.7 Å². The van der Waals surface area contributed by atoms with Crippen LogP contribution in [0.25, 0.3) is 12.0 Å². The molecule has 12 nitrogen and oxygen atoms in total. The molecule has 0 aromatic carbocycles. The first-order valence-electron chi connectivity index (χ1n) is 14.8. The van der Waals surface area contributed by atoms with Crippen LogP contribution in [0.3, 0.4) is 0 Å². The molecule has 12 heteroatoms. The summed E-state index contributed by atoms with van der Waals surface area (Å²) in [5, 5.41) is 6.23. The fraction of sp³-hybridized carbons (Fsp3) is 0.500. The van der Waals surface area contributed by atoms with E-state index in [1.807, 2.05) is 18.2 Å². The van der Waals surface area contributed by atoms with Crippen LogP contribution in [-0.4, -0.2) is 80.7 Å². The van der Waals surface area contributed by atoms with E-state index in [0.717, 1.165) is 31.4 Å². The standard InChI is InChI=1S/C30H38N8O4/c1-20(2)23-16-27(35-29(34-23)37-12-11-31-19-37)36-13-14-38(30(40)33-21-6-4-3-5-7-21)24(18-36)28(39)32-17-22-8-9-25-26(42-22)10-15-41-25/h8-12,15-16,19-22,24H,3-7,13-14,17-18H2,1-2H3,(H,32,39)(H,33,40). The molecule has 2 N–H and O–H groups in total. The molecule has 2 atom stereocenters. The second-order valence-corrected chi connectivity index (χ2v) is 11.4. The quantitative estimate of drug-likeness (QED) is 0.439. The summed E-state index contributed by atoms with van der Waals surface area (Å²) in [6.45, 7) is 5.66. The lowest BCUT2D eigenvalue weighted by Gasteiger charge is -2.41. The van der Waals surface area contributed by atoms with Gasteiger partial charge in [0.2, 0.25) is 11.9 Å². The molecular weight excluding hydrogens is 536 g/mol. The Hall–Kier alpha value is -4.35. The van der Waals surface area contributed by atoms with Gasteiger partial charge in [-0.1, -0.05) is 33.1 Å². The maximum Gasteiger partial charge on any atom is 0.318 e. The van der Waals surface area contributed by atoms with Gasteiger partial charge in [-0.05, 0) is 30.9 Å². The number of carbonyl (C=O) groups is 2. The number of piperazine rings is 1. The predicted molar refractivity (Wildman–Crippen MR) is 157 cm³/mol. The number of fused-ring (bicyclic) bond motifs is 1. The van der Waals surface area contributed by atoms with Gasteiger partial charge >= 0.3 is 6.03 Å². The molecular formula is C30H38N8O4. The van der Waals surface area contributed by atoms with E-state index in [1.165, 1.54) is 6.42 Å². The Kier molecular flexibility index (Phi) is 8.11. The third kappa shape index (κ3) is 6.12. The van der Waals surface area contributed by atoms with Crippen LogP contribution < -0.4 is 20.3 Å². The number of carbonyl (C=O) groups excluding carboxylic acids is 2. The fourth-order valence-electron chi connectivity index (χ4n) is 5.71. The number of urea groups is 1. The summed E-state index contributed by atoms with van der Waals surface area (Å²) in [5.74, 6) is 2.48. The topological polar surface area (TPSA) is 131 Å². The van der Waals surface area contributed by atoms with Crippen LogP contribution in [0.1, 0.15) is 63.3 Å². The zero-order valence-electron chi connectivity index (χ0n) is 24.1. The van der Waals surface area contributed by atoms with Crippen LogP contribution in [0.2, 0.25) is 0 Å². The van der Waals surface area contributed by atoms with Crippen molar-refractivity contribution in [3.05, 3.63) is 54.6 Å². The van der Waals surface area contributed by atoms with Gasteiger partial charge in [0.15, 0.2) is 11.5 Å². The number of nitrogens with zero attached hydrogens (tertiary/aromatic N) is 6. The third-order valence-electron chi connectivity index (χ3n) is 8.12. The molecule has 3 aromatic rings. The highest BCUT2D eigenvalue weighted by atomic mass is 16.5. The van der Waals surface area contributed by atoms with Crippen molar-refractivity contribution in [2.45, 2.75) is 70.1 Å². The fourth-order valence-corrected chi connectivity index (χ4v) is 5.71. The first kappa shape index (κ1) is 27.8. The lowest BCUT2D eigenvalue weighted by atomic mass is 9.95. The molecule has 6 rings (SSSR count). The highest BCUT2D eigenvalue weighted by Crippen LogP contribution is 2.27. The minimum absolute atomic E-state index is 0.145. The number of hydrogen-bond acceptors (Lipinski definition) is 8. The second kappa shape index (κ2) is 12.3. The third-order valence-corrected chi connectivity index (χ3v) is 8.12. The number of amides is 3. The number of imidazole rings is 1. The normalized spacial score (nSPS) is 20.7. The van der Waals surface area contributed by atoms with E-state index < -0.39 is 6.04 Å². The Labute approximate surface area is 245 Å². The molecule has 1 aliphatic carbocycles. The van der Waals surface area contributed by atoms with Gasteiger partial charge in [0.1, 0.15) is 24.3 Å². The molecule has 0 radical (unpaired) electrons. The van der Waals surface area contributed by atoms with Crippen LogP contribution in [0.4, 0.5) is 10.6 Å². The maximum absolute atomic E-state index is 13.7. The number of ether oxygens (including phenoxy) is 1. The summed E-state index contributed by atoms with van der Waals surface area (Å²) in [6.07, 6.45) is 15.5. The van der Waals surface area contributed by atoms with E-state index in [-0.39, 0.29) is 36.5 Å². The summed E-state index contributed by atoms with van der Waals surface area (Å²) >= 11 is 0. The van der Waals surface area contributed by atoms with E-state index in [9.17, 15) is 9.59 Å². The second-order valence-electron chi connectivity index (χ2n) is 11.4. The number of anilines is 1. The highest BCUT2D eigenvalue weighted by molar-refractivity contribution is 5.88. The minimum atomic E-state index is -0.714. The van der Waals surface area contributed by atoms with Crippen LogP contribution in [0, 0.1) is 0 Å². The number of aromatic nitrogens is 4. The molecule has 2 aliphatic heterocycles. The highest BCUT2D eigenvalue weighted by Gasteiger charge is 2.37. The number of rotatable bonds is 7. The molecule has 3 aromatic heterocycles. The molecule has 0 spiro atoms. The zero-order chi connectivity index (χ0) is 29.1. The monoisotopic (exact) mass is 574 g/mol. The Balaban J connectivity index is 1.21. The van der Waals surface area contributed by atoms with Crippen molar-refractivity contribution in [1.29, 1.82) is 0 Å². The van der Waals surface area contributed by atoms with Gasteiger partial charge in [-0.25, -0.2) is 14.8 Å². The van der Waals surface area contributed by atoms with Crippen molar-refractivity contribution in [2.24, 2.45) is 0 Å². The Morgan fingerprint density at radius 3 is 2.79 bits per heavy atom. The van der Waals surface area contributed by atoms with Crippen molar-refractivity contribution in [1.82, 2.24) is 35.1 Å². The molecule has 1 saturated carbocycles. The summed E-state index contributed by atoms with van der Waals surface area (Å²) in [6, 6.07) is 2.97. The smallest absolute Gasteiger partial charge is 0.318 e. The van der Waals surface area contributed by atoms with Gasteiger partial charge in [0.25, 0.3) is 0 Å². The molecule has 3 amide bonds. The molecule has 3 aliphatic rings. The summed E-state index contributed by atoms with van der Waals surface area (Å²) in [5.41, 5.74) is 0.891. The average molecular weight is 575 g/mol. The van der Waals surface area contributed by atoms with E-state index in [4.69, 9.17) is 19.1 Å². The number of furan rings is 1. The molecule has 0 bridgehead atoms. The van der Waals surface area contributed by atoms with E-state index >= 15 is 0 Å². The van der Waals surface area contributed by atoms with Gasteiger partial charge in [-0.15, -0.1) is 0 Å². The molecule has 1 saturated heterocycles. The van der Waals surface area contributed by atoms with E-state index in [1.54, 1.807) is 40.5 Å². The van der Waals surface area contributed by atoms with E-state index in [2.05, 4.69) is 34.4 Å². The van der Waals surface area contributed by atoms with Crippen LogP contribution in [-0.2, 0) is 4.79 Å². The van der Waals surface area contributed by atoms with E-state index in [0.29, 0.717) is 42.9 Å². The molecule has 2 fully saturated rings. The van der Waals surface area contributed by atoms with Crippen LogP contribution >= 0.6 is 0 Å². The zero-order valence-corrected chi connectivity index (χ0v) is 24.1.